The molecule has 0 saturated carbocycles. The number of aliphatic carboxylic acids is 1. The Morgan fingerprint density at radius 1 is 1.07 bits per heavy atom. The van der Waals surface area contributed by atoms with Crippen LogP contribution in [0.2, 0.25) is 0 Å². The molecule has 154 valence electrons. The SMILES string of the molecule is CCCCOC(C)C(NC(=O)OCC1c2ccccc2-c2ccccc21)C(=O)O. The van der Waals surface area contributed by atoms with Gasteiger partial charge in [-0.25, -0.2) is 9.59 Å². The molecule has 0 radical (unpaired) electrons. The Kier molecular flexibility index (Phi) is 6.88. The van der Waals surface area contributed by atoms with Crippen LogP contribution < -0.4 is 5.32 Å². The molecule has 2 N–H and O–H groups in total. The number of alkyl carbamates (subject to hydrolysis) is 1. The molecule has 0 saturated heterocycles. The maximum absolute atomic E-state index is 12.3. The second kappa shape index (κ2) is 9.56. The molecule has 2 aromatic rings. The summed E-state index contributed by atoms with van der Waals surface area (Å²) < 4.78 is 11.0. The first-order chi connectivity index (χ1) is 14.0. The third-order valence-corrected chi connectivity index (χ3v) is 5.23. The van der Waals surface area contributed by atoms with Crippen molar-refractivity contribution in [3.63, 3.8) is 0 Å². The van der Waals surface area contributed by atoms with Gasteiger partial charge in [-0.05, 0) is 35.6 Å². The molecule has 1 aliphatic rings. The van der Waals surface area contributed by atoms with Crippen LogP contribution in [0.4, 0.5) is 4.79 Å². The van der Waals surface area contributed by atoms with E-state index in [9.17, 15) is 14.7 Å². The fourth-order valence-electron chi connectivity index (χ4n) is 3.66. The van der Waals surface area contributed by atoms with E-state index in [0.717, 1.165) is 35.1 Å². The summed E-state index contributed by atoms with van der Waals surface area (Å²) in [5.74, 6) is -1.22. The lowest BCUT2D eigenvalue weighted by molar-refractivity contribution is -0.143. The van der Waals surface area contributed by atoms with Crippen molar-refractivity contribution in [2.75, 3.05) is 13.2 Å². The number of hydrogen-bond donors (Lipinski definition) is 2. The average molecular weight is 397 g/mol. The first kappa shape index (κ1) is 20.9. The van der Waals surface area contributed by atoms with Crippen molar-refractivity contribution in [2.45, 2.75) is 44.8 Å². The molecule has 0 fully saturated rings. The normalized spacial score (nSPS) is 14.6. The van der Waals surface area contributed by atoms with Gasteiger partial charge in [0.25, 0.3) is 0 Å². The van der Waals surface area contributed by atoms with Gasteiger partial charge in [0.2, 0.25) is 0 Å². The Bertz CT molecular complexity index is 820. The molecule has 6 nitrogen and oxygen atoms in total. The monoisotopic (exact) mass is 397 g/mol. The summed E-state index contributed by atoms with van der Waals surface area (Å²) >= 11 is 0. The van der Waals surface area contributed by atoms with Crippen LogP contribution in [0.1, 0.15) is 43.7 Å². The molecule has 0 heterocycles. The van der Waals surface area contributed by atoms with E-state index in [4.69, 9.17) is 9.47 Å². The summed E-state index contributed by atoms with van der Waals surface area (Å²) in [6, 6.07) is 14.9. The van der Waals surface area contributed by atoms with Crippen LogP contribution in [0.15, 0.2) is 48.5 Å². The first-order valence-electron chi connectivity index (χ1n) is 9.98. The van der Waals surface area contributed by atoms with E-state index < -0.39 is 24.2 Å². The molecule has 6 heteroatoms. The molecule has 0 aromatic heterocycles. The van der Waals surface area contributed by atoms with Gasteiger partial charge in [0, 0.05) is 12.5 Å². The lowest BCUT2D eigenvalue weighted by Gasteiger charge is -2.22. The molecular weight excluding hydrogens is 370 g/mol. The predicted molar refractivity (Wildman–Crippen MR) is 110 cm³/mol. The van der Waals surface area contributed by atoms with Gasteiger partial charge in [-0.2, -0.15) is 0 Å². The van der Waals surface area contributed by atoms with Gasteiger partial charge in [0.15, 0.2) is 6.04 Å². The topological polar surface area (TPSA) is 84.9 Å². The standard InChI is InChI=1S/C23H27NO5/c1-3-4-13-28-15(2)21(22(25)26)24-23(27)29-14-20-18-11-7-5-9-16(18)17-10-6-8-12-19(17)20/h5-12,15,20-21H,3-4,13-14H2,1-2H3,(H,24,27)(H,25,26). The van der Waals surface area contributed by atoms with E-state index in [2.05, 4.69) is 17.4 Å². The zero-order chi connectivity index (χ0) is 20.8. The number of carboxylic acid groups (broad SMARTS) is 1. The minimum atomic E-state index is -1.16. The van der Waals surface area contributed by atoms with E-state index in [-0.39, 0.29) is 12.5 Å². The van der Waals surface area contributed by atoms with Gasteiger partial charge in [-0.15, -0.1) is 0 Å². The number of amides is 1. The Balaban J connectivity index is 1.63. The number of carboxylic acids is 1. The van der Waals surface area contributed by atoms with Gasteiger partial charge < -0.3 is 19.9 Å². The maximum atomic E-state index is 12.3. The summed E-state index contributed by atoms with van der Waals surface area (Å²) in [4.78, 5) is 23.9. The molecule has 1 amide bonds. The number of nitrogens with one attached hydrogen (secondary N) is 1. The highest BCUT2D eigenvalue weighted by Gasteiger charge is 2.31. The van der Waals surface area contributed by atoms with Crippen molar-refractivity contribution < 1.29 is 24.2 Å². The van der Waals surface area contributed by atoms with Crippen molar-refractivity contribution >= 4 is 12.1 Å². The molecule has 0 bridgehead atoms. The number of fused-ring (bicyclic) bond motifs is 3. The molecule has 2 aromatic carbocycles. The molecule has 1 aliphatic carbocycles. The van der Waals surface area contributed by atoms with E-state index in [1.165, 1.54) is 0 Å². The van der Waals surface area contributed by atoms with Gasteiger partial charge >= 0.3 is 12.1 Å². The third kappa shape index (κ3) is 4.77. The lowest BCUT2D eigenvalue weighted by atomic mass is 9.98. The average Bonchev–Trinajstić information content (AvgIpc) is 3.04. The first-order valence-corrected chi connectivity index (χ1v) is 9.98. The molecule has 0 aliphatic heterocycles. The molecule has 3 rings (SSSR count). The van der Waals surface area contributed by atoms with Crippen molar-refractivity contribution in [1.82, 2.24) is 5.32 Å². The fraction of sp³-hybridized carbons (Fsp3) is 0.391. The van der Waals surface area contributed by atoms with Gasteiger partial charge in [-0.3, -0.25) is 0 Å². The highest BCUT2D eigenvalue weighted by atomic mass is 16.6. The number of unbranched alkanes of at least 4 members (excludes halogenated alkanes) is 1. The molecule has 0 spiro atoms. The fourth-order valence-corrected chi connectivity index (χ4v) is 3.66. The van der Waals surface area contributed by atoms with Crippen LogP contribution >= 0.6 is 0 Å². The number of hydrogen-bond acceptors (Lipinski definition) is 4. The molecule has 2 unspecified atom stereocenters. The van der Waals surface area contributed by atoms with Gasteiger partial charge in [0.05, 0.1) is 6.10 Å². The summed E-state index contributed by atoms with van der Waals surface area (Å²) in [7, 11) is 0. The van der Waals surface area contributed by atoms with Crippen molar-refractivity contribution in [3.05, 3.63) is 59.7 Å². The van der Waals surface area contributed by atoms with Crippen LogP contribution in [0.3, 0.4) is 0 Å². The minimum Gasteiger partial charge on any atom is -0.480 e. The number of rotatable bonds is 9. The number of carbonyl (C=O) groups is 2. The zero-order valence-electron chi connectivity index (χ0n) is 16.8. The van der Waals surface area contributed by atoms with Crippen LogP contribution in [0, 0.1) is 0 Å². The Hall–Kier alpha value is -2.86. The van der Waals surface area contributed by atoms with Crippen molar-refractivity contribution in [2.24, 2.45) is 0 Å². The van der Waals surface area contributed by atoms with Crippen LogP contribution in [-0.4, -0.2) is 42.5 Å². The van der Waals surface area contributed by atoms with Crippen molar-refractivity contribution in [1.29, 1.82) is 0 Å². The summed E-state index contributed by atoms with van der Waals surface area (Å²) in [5.41, 5.74) is 4.48. The minimum absolute atomic E-state index is 0.0744. The van der Waals surface area contributed by atoms with E-state index >= 15 is 0 Å². The Morgan fingerprint density at radius 3 is 2.21 bits per heavy atom. The van der Waals surface area contributed by atoms with Crippen LogP contribution in [0.25, 0.3) is 11.1 Å². The highest BCUT2D eigenvalue weighted by molar-refractivity contribution is 5.81. The smallest absolute Gasteiger partial charge is 0.407 e. The number of ether oxygens (including phenoxy) is 2. The summed E-state index contributed by atoms with van der Waals surface area (Å²) in [6.07, 6.45) is 0.371. The highest BCUT2D eigenvalue weighted by Crippen LogP contribution is 2.44. The Labute approximate surface area is 170 Å². The summed E-state index contributed by atoms with van der Waals surface area (Å²) in [6.45, 7) is 4.25. The molecule has 2 atom stereocenters. The Morgan fingerprint density at radius 2 is 1.66 bits per heavy atom. The largest absolute Gasteiger partial charge is 0.480 e. The van der Waals surface area contributed by atoms with E-state index in [1.807, 2.05) is 43.3 Å². The zero-order valence-corrected chi connectivity index (χ0v) is 16.8. The van der Waals surface area contributed by atoms with Gasteiger partial charge in [-0.1, -0.05) is 61.9 Å². The second-order valence-corrected chi connectivity index (χ2v) is 7.22. The van der Waals surface area contributed by atoms with Crippen molar-refractivity contribution in [3.8, 4) is 11.1 Å². The second-order valence-electron chi connectivity index (χ2n) is 7.22. The van der Waals surface area contributed by atoms with E-state index in [0.29, 0.717) is 6.61 Å². The predicted octanol–water partition coefficient (Wildman–Crippen LogP) is 4.18. The van der Waals surface area contributed by atoms with Crippen LogP contribution in [0.5, 0.6) is 0 Å². The molecule has 29 heavy (non-hydrogen) atoms. The van der Waals surface area contributed by atoms with Crippen LogP contribution in [-0.2, 0) is 14.3 Å². The summed E-state index contributed by atoms with van der Waals surface area (Å²) in [5, 5.41) is 11.9. The number of benzene rings is 2. The maximum Gasteiger partial charge on any atom is 0.407 e. The third-order valence-electron chi connectivity index (χ3n) is 5.23. The van der Waals surface area contributed by atoms with E-state index in [1.54, 1.807) is 6.92 Å². The quantitative estimate of drug-likeness (QED) is 0.620. The molecular formula is C23H27NO5. The lowest BCUT2D eigenvalue weighted by Crippen LogP contribution is -2.49. The number of carbonyl (C=O) groups excluding carboxylic acids is 1. The van der Waals surface area contributed by atoms with Gasteiger partial charge in [0.1, 0.15) is 6.61 Å².